The number of carbonyl (C=O) groups is 2. The van der Waals surface area contributed by atoms with Crippen LogP contribution in [0.15, 0.2) is 36.4 Å². The Kier molecular flexibility index (Phi) is 8.68. The Morgan fingerprint density at radius 1 is 1.03 bits per heavy atom. The van der Waals surface area contributed by atoms with Crippen molar-refractivity contribution in [2.75, 3.05) is 7.11 Å². The number of ketones is 1. The molecule has 162 valence electrons. The third kappa shape index (κ3) is 6.04. The Hall–Kier alpha value is -1.94. The van der Waals surface area contributed by atoms with E-state index in [0.29, 0.717) is 23.0 Å². The zero-order valence-corrected chi connectivity index (χ0v) is 19.1. The van der Waals surface area contributed by atoms with Crippen LogP contribution in [0.25, 0.3) is 0 Å². The molecular formula is C26H34O3S. The summed E-state index contributed by atoms with van der Waals surface area (Å²) in [6.07, 6.45) is 10.8. The van der Waals surface area contributed by atoms with Gasteiger partial charge >= 0.3 is 5.97 Å². The van der Waals surface area contributed by atoms with E-state index in [0.717, 1.165) is 32.1 Å². The van der Waals surface area contributed by atoms with Gasteiger partial charge in [0.1, 0.15) is 10.7 Å². The van der Waals surface area contributed by atoms with Crippen molar-refractivity contribution in [3.63, 3.8) is 0 Å². The summed E-state index contributed by atoms with van der Waals surface area (Å²) in [7, 11) is 1.41. The van der Waals surface area contributed by atoms with Crippen LogP contribution in [-0.2, 0) is 22.4 Å². The van der Waals surface area contributed by atoms with Gasteiger partial charge in [0, 0.05) is 17.2 Å². The van der Waals surface area contributed by atoms with E-state index in [9.17, 15) is 9.59 Å². The number of rotatable bonds is 11. The highest BCUT2D eigenvalue weighted by atomic mass is 32.1. The Labute approximate surface area is 184 Å². The minimum absolute atomic E-state index is 0.139. The fourth-order valence-electron chi connectivity index (χ4n) is 4.58. The second kappa shape index (κ2) is 11.5. The van der Waals surface area contributed by atoms with E-state index >= 15 is 0 Å². The van der Waals surface area contributed by atoms with Gasteiger partial charge in [0.2, 0.25) is 0 Å². The van der Waals surface area contributed by atoms with Gasteiger partial charge in [-0.15, -0.1) is 11.3 Å². The van der Waals surface area contributed by atoms with E-state index < -0.39 is 0 Å². The smallest absolute Gasteiger partial charge is 0.348 e. The van der Waals surface area contributed by atoms with Crippen molar-refractivity contribution in [3.05, 3.63) is 57.3 Å². The molecule has 1 aromatic carbocycles. The molecule has 2 aromatic rings. The van der Waals surface area contributed by atoms with Gasteiger partial charge in [-0.25, -0.2) is 4.79 Å². The van der Waals surface area contributed by atoms with E-state index in [-0.39, 0.29) is 11.9 Å². The van der Waals surface area contributed by atoms with Crippen molar-refractivity contribution in [2.45, 2.75) is 77.0 Å². The number of hydrogen-bond acceptors (Lipinski definition) is 4. The summed E-state index contributed by atoms with van der Waals surface area (Å²) in [6.45, 7) is 2.24. The van der Waals surface area contributed by atoms with Crippen molar-refractivity contribution in [3.8, 4) is 0 Å². The number of methoxy groups -OCH3 is 1. The van der Waals surface area contributed by atoms with Crippen LogP contribution in [0.3, 0.4) is 0 Å². The Morgan fingerprint density at radius 2 is 1.83 bits per heavy atom. The molecule has 1 aromatic heterocycles. The minimum atomic E-state index is -0.272. The van der Waals surface area contributed by atoms with Crippen LogP contribution in [0.2, 0.25) is 0 Å². The third-order valence-corrected chi connectivity index (χ3v) is 7.44. The molecule has 0 N–H and O–H groups in total. The zero-order valence-electron chi connectivity index (χ0n) is 18.3. The van der Waals surface area contributed by atoms with Gasteiger partial charge in [0.15, 0.2) is 0 Å². The number of unbranched alkanes of at least 4 members (excludes halogenated alkanes) is 3. The van der Waals surface area contributed by atoms with Crippen LogP contribution in [-0.4, -0.2) is 18.9 Å². The lowest BCUT2D eigenvalue weighted by Gasteiger charge is -2.19. The molecule has 1 saturated carbocycles. The van der Waals surface area contributed by atoms with Crippen LogP contribution < -0.4 is 0 Å². The van der Waals surface area contributed by atoms with Gasteiger partial charge in [-0.1, -0.05) is 50.5 Å². The third-order valence-electron chi connectivity index (χ3n) is 6.31. The fourth-order valence-corrected chi connectivity index (χ4v) is 5.54. The molecule has 1 unspecified atom stereocenters. The number of benzene rings is 1. The van der Waals surface area contributed by atoms with Gasteiger partial charge in [-0.2, -0.15) is 0 Å². The SMILES string of the molecule is CCCCCCc1ccc(C2CCC(=O)[C@@H]2CCCc2ccc(C(=O)OC)s2)cc1. The first-order valence-electron chi connectivity index (χ1n) is 11.4. The molecule has 3 nitrogen and oxygen atoms in total. The first-order chi connectivity index (χ1) is 14.6. The monoisotopic (exact) mass is 426 g/mol. The van der Waals surface area contributed by atoms with Gasteiger partial charge in [0.05, 0.1) is 7.11 Å². The van der Waals surface area contributed by atoms with Crippen molar-refractivity contribution in [1.29, 1.82) is 0 Å². The maximum absolute atomic E-state index is 12.5. The molecule has 4 heteroatoms. The topological polar surface area (TPSA) is 43.4 Å². The summed E-state index contributed by atoms with van der Waals surface area (Å²) in [4.78, 5) is 26.0. The molecule has 30 heavy (non-hydrogen) atoms. The molecule has 0 spiro atoms. The molecule has 0 saturated heterocycles. The molecular weight excluding hydrogens is 392 g/mol. The van der Waals surface area contributed by atoms with Gasteiger partial charge in [-0.3, -0.25) is 4.79 Å². The second-order valence-corrected chi connectivity index (χ2v) is 9.59. The maximum Gasteiger partial charge on any atom is 0.348 e. The lowest BCUT2D eigenvalue weighted by atomic mass is 9.84. The molecule has 1 aliphatic rings. The molecule has 0 amide bonds. The number of aryl methyl sites for hydroxylation is 2. The van der Waals surface area contributed by atoms with E-state index in [1.165, 1.54) is 60.1 Å². The van der Waals surface area contributed by atoms with Crippen LogP contribution in [0.5, 0.6) is 0 Å². The van der Waals surface area contributed by atoms with Crippen molar-refractivity contribution in [1.82, 2.24) is 0 Å². The highest BCUT2D eigenvalue weighted by molar-refractivity contribution is 7.13. The highest BCUT2D eigenvalue weighted by Gasteiger charge is 2.34. The van der Waals surface area contributed by atoms with Crippen LogP contribution in [0.1, 0.15) is 89.9 Å². The molecule has 0 aliphatic heterocycles. The largest absolute Gasteiger partial charge is 0.465 e. The standard InChI is InChI=1S/C26H34O3S/c1-3-4-5-6-8-19-11-13-20(14-12-19)22-16-17-24(27)23(22)10-7-9-21-15-18-25(30-21)26(28)29-2/h11-15,18,22-23H,3-10,16-17H2,1-2H3/t22?,23-/m1/s1. The average Bonchev–Trinajstić information content (AvgIpc) is 3.38. The maximum atomic E-state index is 12.5. The second-order valence-electron chi connectivity index (χ2n) is 8.42. The lowest BCUT2D eigenvalue weighted by Crippen LogP contribution is -2.14. The predicted octanol–water partition coefficient (Wildman–Crippen LogP) is 6.74. The van der Waals surface area contributed by atoms with E-state index in [1.807, 2.05) is 12.1 Å². The Balaban J connectivity index is 1.52. The minimum Gasteiger partial charge on any atom is -0.465 e. The zero-order chi connectivity index (χ0) is 21.3. The van der Waals surface area contributed by atoms with Crippen molar-refractivity contribution in [2.24, 2.45) is 5.92 Å². The van der Waals surface area contributed by atoms with Gasteiger partial charge < -0.3 is 4.74 Å². The number of esters is 1. The summed E-state index contributed by atoms with van der Waals surface area (Å²) >= 11 is 1.50. The summed E-state index contributed by atoms with van der Waals surface area (Å²) < 4.78 is 4.78. The van der Waals surface area contributed by atoms with Crippen LogP contribution in [0.4, 0.5) is 0 Å². The Bertz CT molecular complexity index is 821. The van der Waals surface area contributed by atoms with Crippen molar-refractivity contribution >= 4 is 23.1 Å². The van der Waals surface area contributed by atoms with Crippen LogP contribution in [0, 0.1) is 5.92 Å². The Morgan fingerprint density at radius 3 is 2.57 bits per heavy atom. The number of carbonyl (C=O) groups excluding carboxylic acids is 2. The van der Waals surface area contributed by atoms with Crippen molar-refractivity contribution < 1.29 is 14.3 Å². The normalized spacial score (nSPS) is 18.7. The first-order valence-corrected chi connectivity index (χ1v) is 12.2. The number of thiophene rings is 1. The first kappa shape index (κ1) is 22.7. The van der Waals surface area contributed by atoms with E-state index in [4.69, 9.17) is 4.74 Å². The average molecular weight is 427 g/mol. The van der Waals surface area contributed by atoms with Crippen LogP contribution >= 0.6 is 11.3 Å². The molecule has 1 fully saturated rings. The number of ether oxygens (including phenoxy) is 1. The summed E-state index contributed by atoms with van der Waals surface area (Å²) in [6, 6.07) is 12.9. The lowest BCUT2D eigenvalue weighted by molar-refractivity contribution is -0.121. The van der Waals surface area contributed by atoms with E-state index in [1.54, 1.807) is 0 Å². The summed E-state index contributed by atoms with van der Waals surface area (Å²) in [5.41, 5.74) is 2.74. The molecule has 1 aliphatic carbocycles. The van der Waals surface area contributed by atoms with Gasteiger partial charge in [0.25, 0.3) is 0 Å². The van der Waals surface area contributed by atoms with Gasteiger partial charge in [-0.05, 0) is 67.7 Å². The highest BCUT2D eigenvalue weighted by Crippen LogP contribution is 2.40. The molecule has 3 rings (SSSR count). The number of Topliss-reactive ketones (excluding diaryl/α,β-unsaturated/α-hetero) is 1. The molecule has 0 radical (unpaired) electrons. The fraction of sp³-hybridized carbons (Fsp3) is 0.538. The predicted molar refractivity (Wildman–Crippen MR) is 123 cm³/mol. The summed E-state index contributed by atoms with van der Waals surface area (Å²) in [5.74, 6) is 0.650. The van der Waals surface area contributed by atoms with E-state index in [2.05, 4.69) is 31.2 Å². The number of hydrogen-bond donors (Lipinski definition) is 0. The quantitative estimate of drug-likeness (QED) is 0.295. The molecule has 0 bridgehead atoms. The molecule has 1 heterocycles. The summed E-state index contributed by atoms with van der Waals surface area (Å²) in [5, 5.41) is 0. The molecule has 2 atom stereocenters.